The first-order valence-electron chi connectivity index (χ1n) is 7.02. The van der Waals surface area contributed by atoms with Crippen LogP contribution in [0, 0.1) is 10.6 Å². The molecule has 0 aliphatic carbocycles. The molecule has 0 saturated heterocycles. The van der Waals surface area contributed by atoms with Crippen LogP contribution in [0.5, 0.6) is 0 Å². The normalized spacial score (nSPS) is 10.7. The molecule has 7 heteroatoms. The van der Waals surface area contributed by atoms with Gasteiger partial charge in [-0.05, 0) is 54.4 Å². The number of H-pyrrole nitrogens is 1. The predicted molar refractivity (Wildman–Crippen MR) is 91.3 cm³/mol. The van der Waals surface area contributed by atoms with E-state index in [-0.39, 0.29) is 11.7 Å². The number of hydrogen-bond donors (Lipinski definition) is 2. The molecule has 0 spiro atoms. The Morgan fingerprint density at radius 2 is 2.09 bits per heavy atom. The average molecular weight is 347 g/mol. The second-order valence-electron chi connectivity index (χ2n) is 4.88. The molecule has 2 aromatic heterocycles. The third-order valence-electron chi connectivity index (χ3n) is 3.33. The number of rotatable bonds is 5. The quantitative estimate of drug-likeness (QED) is 0.691. The van der Waals surface area contributed by atoms with Crippen LogP contribution in [-0.2, 0) is 6.42 Å². The Morgan fingerprint density at radius 3 is 2.78 bits per heavy atom. The van der Waals surface area contributed by atoms with Crippen LogP contribution in [0.2, 0.25) is 0 Å². The van der Waals surface area contributed by atoms with Crippen LogP contribution in [0.3, 0.4) is 0 Å². The molecule has 3 aromatic rings. The number of thiophene rings is 1. The number of halogens is 1. The first kappa shape index (κ1) is 15.6. The number of carbonyl (C=O) groups is 1. The van der Waals surface area contributed by atoms with Crippen molar-refractivity contribution in [3.05, 3.63) is 69.1 Å². The maximum Gasteiger partial charge on any atom is 0.269 e. The Bertz CT molecular complexity index is 850. The summed E-state index contributed by atoms with van der Waals surface area (Å²) >= 11 is 6.88. The van der Waals surface area contributed by atoms with Gasteiger partial charge in [0.25, 0.3) is 5.91 Å². The van der Waals surface area contributed by atoms with Gasteiger partial charge in [-0.1, -0.05) is 6.07 Å². The summed E-state index contributed by atoms with van der Waals surface area (Å²) in [5, 5.41) is 4.89. The SMILES string of the molecule is O=C(NCCc1cccs1)c1c[nH]c(=S)n1-c1ccc(F)cc1. The number of aromatic amines is 1. The number of nitrogens with one attached hydrogen (secondary N) is 2. The van der Waals surface area contributed by atoms with E-state index >= 15 is 0 Å². The lowest BCUT2D eigenvalue weighted by Gasteiger charge is -2.09. The maximum absolute atomic E-state index is 13.1. The van der Waals surface area contributed by atoms with E-state index < -0.39 is 0 Å². The van der Waals surface area contributed by atoms with E-state index in [1.165, 1.54) is 17.0 Å². The molecule has 1 amide bonds. The number of carbonyl (C=O) groups excluding carboxylic acids is 1. The highest BCUT2D eigenvalue weighted by Gasteiger charge is 2.14. The zero-order valence-corrected chi connectivity index (χ0v) is 13.7. The predicted octanol–water partition coefficient (Wildman–Crippen LogP) is 3.71. The fourth-order valence-electron chi connectivity index (χ4n) is 2.23. The van der Waals surface area contributed by atoms with E-state index in [2.05, 4.69) is 10.3 Å². The number of benzene rings is 1. The number of hydrogen-bond acceptors (Lipinski definition) is 3. The minimum atomic E-state index is -0.335. The second-order valence-corrected chi connectivity index (χ2v) is 6.30. The van der Waals surface area contributed by atoms with Gasteiger partial charge in [-0.3, -0.25) is 9.36 Å². The highest BCUT2D eigenvalue weighted by atomic mass is 32.1. The first-order valence-corrected chi connectivity index (χ1v) is 8.31. The Hall–Kier alpha value is -2.25. The lowest BCUT2D eigenvalue weighted by Crippen LogP contribution is -2.27. The van der Waals surface area contributed by atoms with Crippen molar-refractivity contribution >= 4 is 29.5 Å². The van der Waals surface area contributed by atoms with Crippen LogP contribution in [0.15, 0.2) is 48.0 Å². The maximum atomic E-state index is 13.1. The monoisotopic (exact) mass is 347 g/mol. The molecule has 118 valence electrons. The molecule has 2 heterocycles. The highest BCUT2D eigenvalue weighted by molar-refractivity contribution is 7.71. The smallest absolute Gasteiger partial charge is 0.269 e. The fraction of sp³-hybridized carbons (Fsp3) is 0.125. The van der Waals surface area contributed by atoms with Gasteiger partial charge in [0.2, 0.25) is 0 Å². The van der Waals surface area contributed by atoms with Crippen LogP contribution in [-0.4, -0.2) is 22.0 Å². The van der Waals surface area contributed by atoms with Gasteiger partial charge in [-0.2, -0.15) is 0 Å². The van der Waals surface area contributed by atoms with Gasteiger partial charge in [-0.15, -0.1) is 11.3 Å². The average Bonchev–Trinajstić information content (AvgIpc) is 3.18. The molecule has 0 saturated carbocycles. The second kappa shape index (κ2) is 6.89. The van der Waals surface area contributed by atoms with Crippen LogP contribution in [0.1, 0.15) is 15.4 Å². The molecule has 0 aliphatic rings. The van der Waals surface area contributed by atoms with Crippen molar-refractivity contribution in [1.29, 1.82) is 0 Å². The van der Waals surface area contributed by atoms with Crippen molar-refractivity contribution in [2.75, 3.05) is 6.54 Å². The summed E-state index contributed by atoms with van der Waals surface area (Å²) in [5.41, 5.74) is 1.04. The Balaban J connectivity index is 1.76. The zero-order chi connectivity index (χ0) is 16.2. The fourth-order valence-corrected chi connectivity index (χ4v) is 3.20. The third-order valence-corrected chi connectivity index (χ3v) is 4.57. The molecule has 0 unspecified atom stereocenters. The molecule has 0 bridgehead atoms. The lowest BCUT2D eigenvalue weighted by atomic mass is 10.3. The van der Waals surface area contributed by atoms with Gasteiger partial charge >= 0.3 is 0 Å². The largest absolute Gasteiger partial charge is 0.350 e. The van der Waals surface area contributed by atoms with E-state index in [4.69, 9.17) is 12.2 Å². The molecule has 2 N–H and O–H groups in total. The molecule has 0 fully saturated rings. The molecule has 23 heavy (non-hydrogen) atoms. The van der Waals surface area contributed by atoms with Gasteiger partial charge in [0.15, 0.2) is 4.77 Å². The van der Waals surface area contributed by atoms with Crippen molar-refractivity contribution in [3.8, 4) is 5.69 Å². The van der Waals surface area contributed by atoms with E-state index in [0.29, 0.717) is 22.7 Å². The van der Waals surface area contributed by atoms with Crippen molar-refractivity contribution in [3.63, 3.8) is 0 Å². The van der Waals surface area contributed by atoms with Crippen LogP contribution >= 0.6 is 23.6 Å². The third kappa shape index (κ3) is 3.57. The van der Waals surface area contributed by atoms with E-state index in [0.717, 1.165) is 6.42 Å². The summed E-state index contributed by atoms with van der Waals surface area (Å²) in [7, 11) is 0. The van der Waals surface area contributed by atoms with Gasteiger partial charge in [0.1, 0.15) is 11.5 Å². The van der Waals surface area contributed by atoms with Crippen molar-refractivity contribution < 1.29 is 9.18 Å². The summed E-state index contributed by atoms with van der Waals surface area (Å²) in [4.78, 5) is 16.5. The van der Waals surface area contributed by atoms with E-state index in [1.54, 1.807) is 34.2 Å². The molecule has 0 aliphatic heterocycles. The first-order chi connectivity index (χ1) is 11.1. The van der Waals surface area contributed by atoms with Crippen LogP contribution < -0.4 is 5.32 Å². The summed E-state index contributed by atoms with van der Waals surface area (Å²) in [5.74, 6) is -0.559. The number of amides is 1. The minimum Gasteiger partial charge on any atom is -0.350 e. The minimum absolute atomic E-state index is 0.224. The molecule has 3 rings (SSSR count). The van der Waals surface area contributed by atoms with E-state index in [9.17, 15) is 9.18 Å². The van der Waals surface area contributed by atoms with E-state index in [1.807, 2.05) is 17.5 Å². The summed E-state index contributed by atoms with van der Waals surface area (Å²) < 4.78 is 15.0. The topological polar surface area (TPSA) is 49.8 Å². The lowest BCUT2D eigenvalue weighted by molar-refractivity contribution is 0.0947. The number of nitrogens with zero attached hydrogens (tertiary/aromatic N) is 1. The summed E-state index contributed by atoms with van der Waals surface area (Å²) in [6.07, 6.45) is 2.34. The van der Waals surface area contributed by atoms with Crippen molar-refractivity contribution in [2.45, 2.75) is 6.42 Å². The van der Waals surface area contributed by atoms with Gasteiger partial charge < -0.3 is 10.3 Å². The Kier molecular flexibility index (Phi) is 4.68. The summed E-state index contributed by atoms with van der Waals surface area (Å²) in [6.45, 7) is 0.542. The van der Waals surface area contributed by atoms with Crippen LogP contribution in [0.4, 0.5) is 4.39 Å². The molecule has 0 radical (unpaired) electrons. The highest BCUT2D eigenvalue weighted by Crippen LogP contribution is 2.14. The van der Waals surface area contributed by atoms with Gasteiger partial charge in [-0.25, -0.2) is 4.39 Å². The molecular formula is C16H14FN3OS2. The number of imidazole rings is 1. The molecule has 1 aromatic carbocycles. The van der Waals surface area contributed by atoms with Crippen molar-refractivity contribution in [2.24, 2.45) is 0 Å². The van der Waals surface area contributed by atoms with Gasteiger partial charge in [0, 0.05) is 23.3 Å². The molecule has 0 atom stereocenters. The van der Waals surface area contributed by atoms with Crippen LogP contribution in [0.25, 0.3) is 5.69 Å². The zero-order valence-electron chi connectivity index (χ0n) is 12.1. The Morgan fingerprint density at radius 1 is 1.30 bits per heavy atom. The standard InChI is InChI=1S/C16H14FN3OS2/c17-11-3-5-12(6-4-11)20-14(10-19-16(20)22)15(21)18-8-7-13-2-1-9-23-13/h1-6,9-10H,7-8H2,(H,18,21)(H,19,22). The molecule has 4 nitrogen and oxygen atoms in total. The Labute approximate surface area is 141 Å². The van der Waals surface area contributed by atoms with Gasteiger partial charge in [0.05, 0.1) is 0 Å². The van der Waals surface area contributed by atoms with Crippen molar-refractivity contribution in [1.82, 2.24) is 14.9 Å². The summed E-state index contributed by atoms with van der Waals surface area (Å²) in [6, 6.07) is 9.86. The number of aromatic nitrogens is 2. The molecular weight excluding hydrogens is 333 g/mol.